The zero-order valence-corrected chi connectivity index (χ0v) is 9.66. The molecular weight excluding hydrogens is 170 g/mol. The van der Waals surface area contributed by atoms with Gasteiger partial charge in [0, 0.05) is 11.8 Å². The molecule has 0 N–H and O–H groups in total. The summed E-state index contributed by atoms with van der Waals surface area (Å²) in [6.45, 7) is 7.46. The minimum absolute atomic E-state index is 0. The molecule has 0 aromatic heterocycles. The summed E-state index contributed by atoms with van der Waals surface area (Å²) in [6.07, 6.45) is 2.75. The summed E-state index contributed by atoms with van der Waals surface area (Å²) < 4.78 is 1.25. The summed E-state index contributed by atoms with van der Waals surface area (Å²) in [5.74, 6) is 1.99. The summed E-state index contributed by atoms with van der Waals surface area (Å²) in [7, 11) is 4.72. The van der Waals surface area contributed by atoms with Gasteiger partial charge in [-0.1, -0.05) is 13.8 Å². The molecule has 1 aliphatic heterocycles. The molecule has 2 atom stereocenters. The third-order valence-corrected chi connectivity index (χ3v) is 3.17. The van der Waals surface area contributed by atoms with Gasteiger partial charge in [-0.3, -0.25) is 0 Å². The van der Waals surface area contributed by atoms with Gasteiger partial charge in [-0.05, 0) is 12.8 Å². The van der Waals surface area contributed by atoms with Crippen LogP contribution in [0.15, 0.2) is 0 Å². The van der Waals surface area contributed by atoms with Crippen LogP contribution in [-0.2, 0) is 0 Å². The molecule has 1 nitrogen and oxygen atoms in total. The van der Waals surface area contributed by atoms with Crippen molar-refractivity contribution in [1.29, 1.82) is 0 Å². The van der Waals surface area contributed by atoms with Crippen LogP contribution >= 0.6 is 12.4 Å². The molecule has 0 spiro atoms. The second-order valence-corrected chi connectivity index (χ2v) is 4.64. The van der Waals surface area contributed by atoms with E-state index in [2.05, 4.69) is 27.9 Å². The number of nitrogens with zero attached hydrogens (tertiary/aromatic N) is 1. The fraction of sp³-hybridized carbons (Fsp3) is 1.00. The van der Waals surface area contributed by atoms with Gasteiger partial charge in [0.05, 0.1) is 27.2 Å². The second kappa shape index (κ2) is 4.48. The van der Waals surface area contributed by atoms with Crippen molar-refractivity contribution in [1.82, 2.24) is 0 Å². The van der Waals surface area contributed by atoms with E-state index in [1.165, 1.54) is 30.4 Å². The molecule has 0 radical (unpaired) electrons. The van der Waals surface area contributed by atoms with Crippen LogP contribution in [0, 0.1) is 11.8 Å². The van der Waals surface area contributed by atoms with Gasteiger partial charge < -0.3 is 4.48 Å². The molecule has 1 fully saturated rings. The number of quaternary nitrogens is 1. The van der Waals surface area contributed by atoms with Crippen LogP contribution in [-0.4, -0.2) is 31.7 Å². The molecule has 12 heavy (non-hydrogen) atoms. The molecule has 1 saturated heterocycles. The second-order valence-electron chi connectivity index (χ2n) is 4.64. The van der Waals surface area contributed by atoms with Gasteiger partial charge in [0.1, 0.15) is 0 Å². The van der Waals surface area contributed by atoms with Gasteiger partial charge >= 0.3 is 0 Å². The highest BCUT2D eigenvalue weighted by molar-refractivity contribution is 5.85. The summed E-state index contributed by atoms with van der Waals surface area (Å²) in [5, 5.41) is 0. The third kappa shape index (κ3) is 2.63. The van der Waals surface area contributed by atoms with Crippen LogP contribution in [0.2, 0.25) is 0 Å². The topological polar surface area (TPSA) is 0 Å². The van der Waals surface area contributed by atoms with E-state index < -0.39 is 0 Å². The maximum Gasteiger partial charge on any atom is 0.0815 e. The Morgan fingerprint density at radius 3 is 1.58 bits per heavy atom. The largest absolute Gasteiger partial charge is 0.328 e. The molecule has 0 bridgehead atoms. The van der Waals surface area contributed by atoms with Crippen LogP contribution < -0.4 is 0 Å². The lowest BCUT2D eigenvalue weighted by atomic mass is 9.92. The first-order valence-electron chi connectivity index (χ1n) is 4.91. The van der Waals surface area contributed by atoms with E-state index in [9.17, 15) is 0 Å². The lowest BCUT2D eigenvalue weighted by Crippen LogP contribution is -2.36. The Labute approximate surface area is 83.1 Å². The number of hydrogen-bond acceptors (Lipinski definition) is 0. The molecule has 0 saturated carbocycles. The maximum absolute atomic E-state index is 2.36. The number of halogens is 1. The lowest BCUT2D eigenvalue weighted by molar-refractivity contribution is -0.880. The van der Waals surface area contributed by atoms with Crippen molar-refractivity contribution < 1.29 is 4.48 Å². The third-order valence-electron chi connectivity index (χ3n) is 3.17. The Morgan fingerprint density at radius 2 is 1.33 bits per heavy atom. The zero-order valence-electron chi connectivity index (χ0n) is 8.84. The quantitative estimate of drug-likeness (QED) is 0.590. The molecule has 1 rings (SSSR count). The van der Waals surface area contributed by atoms with Crippen molar-refractivity contribution in [3.05, 3.63) is 0 Å². The molecule has 1 heterocycles. The summed E-state index contributed by atoms with van der Waals surface area (Å²) in [4.78, 5) is 0. The van der Waals surface area contributed by atoms with Crippen LogP contribution in [0.3, 0.4) is 0 Å². The highest BCUT2D eigenvalue weighted by Crippen LogP contribution is 2.30. The van der Waals surface area contributed by atoms with Crippen LogP contribution in [0.25, 0.3) is 0 Å². The van der Waals surface area contributed by atoms with Gasteiger partial charge in [-0.2, -0.15) is 0 Å². The van der Waals surface area contributed by atoms with E-state index >= 15 is 0 Å². The summed E-state index contributed by atoms with van der Waals surface area (Å²) in [6, 6.07) is 0. The zero-order chi connectivity index (χ0) is 8.48. The van der Waals surface area contributed by atoms with Gasteiger partial charge in [0.15, 0.2) is 0 Å². The molecule has 0 aliphatic carbocycles. The summed E-state index contributed by atoms with van der Waals surface area (Å²) >= 11 is 0. The average molecular weight is 193 g/mol. The predicted molar refractivity (Wildman–Crippen MR) is 56.7 cm³/mol. The van der Waals surface area contributed by atoms with Gasteiger partial charge in [0.2, 0.25) is 0 Å². The van der Waals surface area contributed by atoms with E-state index in [4.69, 9.17) is 0 Å². The van der Waals surface area contributed by atoms with Crippen molar-refractivity contribution >= 4 is 12.4 Å². The Balaban J connectivity index is 0.00000121. The number of rotatable bonds is 2. The van der Waals surface area contributed by atoms with Gasteiger partial charge in [-0.15, -0.1) is 12.4 Å². The average Bonchev–Trinajstić information content (AvgIpc) is 2.25. The SMILES string of the molecule is CCC1C[N+](C)(C)CC1CC.Cl. The first kappa shape index (κ1) is 12.2. The Hall–Kier alpha value is 0.250. The van der Waals surface area contributed by atoms with Gasteiger partial charge in [0.25, 0.3) is 0 Å². The smallest absolute Gasteiger partial charge is 0.0815 e. The van der Waals surface area contributed by atoms with E-state index in [0.717, 1.165) is 11.8 Å². The van der Waals surface area contributed by atoms with E-state index in [1.54, 1.807) is 0 Å². The highest BCUT2D eigenvalue weighted by Gasteiger charge is 2.37. The van der Waals surface area contributed by atoms with E-state index in [-0.39, 0.29) is 12.4 Å². The molecule has 2 heteroatoms. The van der Waals surface area contributed by atoms with E-state index in [0.29, 0.717) is 0 Å². The predicted octanol–water partition coefficient (Wildman–Crippen LogP) is 2.55. The highest BCUT2D eigenvalue weighted by atomic mass is 35.5. The van der Waals surface area contributed by atoms with Crippen molar-refractivity contribution in [2.24, 2.45) is 11.8 Å². The van der Waals surface area contributed by atoms with Gasteiger partial charge in [-0.25, -0.2) is 0 Å². The normalized spacial score (nSPS) is 33.0. The number of likely N-dealkylation sites (tertiary alicyclic amines) is 1. The molecular formula is C10H23ClN+. The molecule has 0 amide bonds. The molecule has 0 aromatic rings. The van der Waals surface area contributed by atoms with Crippen molar-refractivity contribution in [2.75, 3.05) is 27.2 Å². The Bertz CT molecular complexity index is 120. The Kier molecular flexibility index (Phi) is 4.57. The Morgan fingerprint density at radius 1 is 1.00 bits per heavy atom. The lowest BCUT2D eigenvalue weighted by Gasteiger charge is -2.23. The van der Waals surface area contributed by atoms with Crippen LogP contribution in [0.1, 0.15) is 26.7 Å². The van der Waals surface area contributed by atoms with Crippen molar-refractivity contribution in [2.45, 2.75) is 26.7 Å². The standard InChI is InChI=1S/C10H22N.ClH/c1-5-9-7-11(3,4)8-10(9)6-2;/h9-10H,5-8H2,1-4H3;1H/q+1;. The molecule has 74 valence electrons. The molecule has 0 aromatic carbocycles. The summed E-state index contributed by atoms with van der Waals surface area (Å²) in [5.41, 5.74) is 0. The maximum atomic E-state index is 2.36. The molecule has 1 aliphatic rings. The fourth-order valence-corrected chi connectivity index (χ4v) is 2.57. The number of hydrogen-bond donors (Lipinski definition) is 0. The van der Waals surface area contributed by atoms with Crippen LogP contribution in [0.4, 0.5) is 0 Å². The van der Waals surface area contributed by atoms with Crippen LogP contribution in [0.5, 0.6) is 0 Å². The van der Waals surface area contributed by atoms with E-state index in [1.807, 2.05) is 0 Å². The minimum Gasteiger partial charge on any atom is -0.328 e. The first-order valence-corrected chi connectivity index (χ1v) is 4.91. The monoisotopic (exact) mass is 192 g/mol. The minimum atomic E-state index is 0. The van der Waals surface area contributed by atoms with Crippen molar-refractivity contribution in [3.8, 4) is 0 Å². The first-order chi connectivity index (χ1) is 5.09. The molecule has 2 unspecified atom stereocenters. The van der Waals surface area contributed by atoms with Crippen molar-refractivity contribution in [3.63, 3.8) is 0 Å². The fourth-order valence-electron chi connectivity index (χ4n) is 2.57.